The van der Waals surface area contributed by atoms with E-state index in [1.165, 1.54) is 18.2 Å². The second-order valence-corrected chi connectivity index (χ2v) is 5.16. The molecule has 0 aliphatic rings. The molecule has 2 aromatic carbocycles. The zero-order valence-corrected chi connectivity index (χ0v) is 11.7. The maximum atomic E-state index is 13.8. The number of benzene rings is 2. The van der Waals surface area contributed by atoms with Crippen molar-refractivity contribution in [3.05, 3.63) is 69.7 Å². The number of hydrogen-bond acceptors (Lipinski definition) is 2. The van der Waals surface area contributed by atoms with Gasteiger partial charge in [-0.2, -0.15) is 0 Å². The van der Waals surface area contributed by atoms with Gasteiger partial charge in [-0.05, 0) is 54.3 Å². The van der Waals surface area contributed by atoms with Crippen LogP contribution in [0.5, 0.6) is 0 Å². The molecule has 2 nitrogen and oxygen atoms in total. The number of hydrogen-bond donors (Lipinski definition) is 2. The molecule has 20 heavy (non-hydrogen) atoms. The lowest BCUT2D eigenvalue weighted by atomic mass is 9.97. The highest BCUT2D eigenvalue weighted by Gasteiger charge is 2.14. The molecular weight excluding hydrogens is 282 g/mol. The maximum Gasteiger partial charge on any atom is 0.127 e. The largest absolute Gasteiger partial charge is 0.271 e. The summed E-state index contributed by atoms with van der Waals surface area (Å²) in [6, 6.07) is 8.74. The lowest BCUT2D eigenvalue weighted by Crippen LogP contribution is -2.30. The molecule has 0 fully saturated rings. The minimum Gasteiger partial charge on any atom is -0.271 e. The Bertz CT molecular complexity index is 597. The van der Waals surface area contributed by atoms with Gasteiger partial charge in [0, 0.05) is 5.02 Å². The molecule has 0 amide bonds. The molecule has 0 bridgehead atoms. The highest BCUT2D eigenvalue weighted by atomic mass is 35.5. The molecule has 5 heteroatoms. The summed E-state index contributed by atoms with van der Waals surface area (Å²) in [5.41, 5.74) is 4.54. The van der Waals surface area contributed by atoms with Gasteiger partial charge in [-0.25, -0.2) is 8.78 Å². The second kappa shape index (κ2) is 6.31. The van der Waals surface area contributed by atoms with Crippen LogP contribution in [-0.2, 0) is 6.42 Å². The summed E-state index contributed by atoms with van der Waals surface area (Å²) >= 11 is 5.72. The van der Waals surface area contributed by atoms with Crippen LogP contribution < -0.4 is 11.3 Å². The third-order valence-electron chi connectivity index (χ3n) is 3.11. The maximum absolute atomic E-state index is 13.8. The molecule has 2 rings (SSSR count). The van der Waals surface area contributed by atoms with Crippen molar-refractivity contribution >= 4 is 11.6 Å². The molecule has 1 atom stereocenters. The Kier molecular flexibility index (Phi) is 4.70. The summed E-state index contributed by atoms with van der Waals surface area (Å²) < 4.78 is 27.2. The van der Waals surface area contributed by atoms with Crippen LogP contribution in [0.4, 0.5) is 8.78 Å². The first-order valence-electron chi connectivity index (χ1n) is 6.16. The Hall–Kier alpha value is -1.49. The van der Waals surface area contributed by atoms with Gasteiger partial charge in [-0.15, -0.1) is 0 Å². The van der Waals surface area contributed by atoms with Crippen molar-refractivity contribution in [2.24, 2.45) is 5.84 Å². The van der Waals surface area contributed by atoms with E-state index in [2.05, 4.69) is 5.43 Å². The fourth-order valence-electron chi connectivity index (χ4n) is 2.15. The molecule has 0 spiro atoms. The van der Waals surface area contributed by atoms with Gasteiger partial charge in [0.2, 0.25) is 0 Å². The number of hydrazine groups is 1. The normalized spacial score (nSPS) is 12.4. The summed E-state index contributed by atoms with van der Waals surface area (Å²) in [5.74, 6) is 4.78. The molecule has 0 saturated carbocycles. The van der Waals surface area contributed by atoms with Gasteiger partial charge >= 0.3 is 0 Å². The van der Waals surface area contributed by atoms with E-state index >= 15 is 0 Å². The van der Waals surface area contributed by atoms with Crippen molar-refractivity contribution in [3.8, 4) is 0 Å². The molecule has 0 aromatic heterocycles. The van der Waals surface area contributed by atoms with E-state index in [4.69, 9.17) is 17.4 Å². The average molecular weight is 297 g/mol. The van der Waals surface area contributed by atoms with Crippen LogP contribution in [0.15, 0.2) is 36.4 Å². The standard InChI is InChI=1S/C15H15ClF2N2/c1-9-4-11(6-13(17)5-9)15(20-19)7-10-2-3-12(16)8-14(10)18/h2-6,8,15,20H,7,19H2,1H3. The van der Waals surface area contributed by atoms with Gasteiger partial charge < -0.3 is 0 Å². The third-order valence-corrected chi connectivity index (χ3v) is 3.34. The van der Waals surface area contributed by atoms with Gasteiger partial charge in [0.05, 0.1) is 6.04 Å². The molecule has 0 radical (unpaired) electrons. The second-order valence-electron chi connectivity index (χ2n) is 4.72. The highest BCUT2D eigenvalue weighted by Crippen LogP contribution is 2.23. The van der Waals surface area contributed by atoms with Crippen molar-refractivity contribution in [1.29, 1.82) is 0 Å². The van der Waals surface area contributed by atoms with Gasteiger partial charge in [0.25, 0.3) is 0 Å². The van der Waals surface area contributed by atoms with Crippen LogP contribution in [0.3, 0.4) is 0 Å². The zero-order chi connectivity index (χ0) is 14.7. The summed E-state index contributed by atoms with van der Waals surface area (Å²) in [6.07, 6.45) is 0.308. The smallest absolute Gasteiger partial charge is 0.127 e. The van der Waals surface area contributed by atoms with Crippen molar-refractivity contribution < 1.29 is 8.78 Å². The molecule has 106 valence electrons. The summed E-state index contributed by atoms with van der Waals surface area (Å²) in [4.78, 5) is 0. The summed E-state index contributed by atoms with van der Waals surface area (Å²) in [6.45, 7) is 1.79. The van der Waals surface area contributed by atoms with E-state index in [0.717, 1.165) is 5.56 Å². The molecule has 3 N–H and O–H groups in total. The Morgan fingerprint density at radius 2 is 1.95 bits per heavy atom. The predicted octanol–water partition coefficient (Wildman–Crippen LogP) is 3.67. The van der Waals surface area contributed by atoms with Crippen LogP contribution in [0.2, 0.25) is 5.02 Å². The Balaban J connectivity index is 2.28. The molecule has 0 aliphatic heterocycles. The van der Waals surface area contributed by atoms with E-state index in [0.29, 0.717) is 22.6 Å². The minimum absolute atomic E-state index is 0.308. The first-order chi connectivity index (χ1) is 9.49. The molecular formula is C15H15ClF2N2. The minimum atomic E-state index is -0.397. The van der Waals surface area contributed by atoms with Crippen LogP contribution >= 0.6 is 11.6 Å². The lowest BCUT2D eigenvalue weighted by molar-refractivity contribution is 0.524. The van der Waals surface area contributed by atoms with Crippen molar-refractivity contribution in [2.75, 3.05) is 0 Å². The van der Waals surface area contributed by atoms with Crippen LogP contribution in [0, 0.1) is 18.6 Å². The fourth-order valence-corrected chi connectivity index (χ4v) is 2.30. The predicted molar refractivity (Wildman–Crippen MR) is 76.3 cm³/mol. The van der Waals surface area contributed by atoms with E-state index in [-0.39, 0.29) is 11.9 Å². The van der Waals surface area contributed by atoms with E-state index in [1.54, 1.807) is 19.1 Å². The number of nitrogens with two attached hydrogens (primary N) is 1. The number of aryl methyl sites for hydroxylation is 1. The molecule has 0 heterocycles. The van der Waals surface area contributed by atoms with Gasteiger partial charge in [-0.3, -0.25) is 11.3 Å². The van der Waals surface area contributed by atoms with E-state index in [9.17, 15) is 8.78 Å². The first kappa shape index (κ1) is 14.9. The quantitative estimate of drug-likeness (QED) is 0.667. The Morgan fingerprint density at radius 3 is 2.55 bits per heavy atom. The third kappa shape index (κ3) is 3.54. The topological polar surface area (TPSA) is 38.0 Å². The number of nitrogens with one attached hydrogen (secondary N) is 1. The van der Waals surface area contributed by atoms with Gasteiger partial charge in [0.15, 0.2) is 0 Å². The van der Waals surface area contributed by atoms with Gasteiger partial charge in [0.1, 0.15) is 11.6 Å². The zero-order valence-electron chi connectivity index (χ0n) is 11.0. The molecule has 1 unspecified atom stereocenters. The monoisotopic (exact) mass is 296 g/mol. The van der Waals surface area contributed by atoms with E-state index < -0.39 is 5.82 Å². The summed E-state index contributed by atoms with van der Waals surface area (Å²) in [5, 5.41) is 0.338. The fraction of sp³-hybridized carbons (Fsp3) is 0.200. The summed E-state index contributed by atoms with van der Waals surface area (Å²) in [7, 11) is 0. The van der Waals surface area contributed by atoms with Crippen molar-refractivity contribution in [1.82, 2.24) is 5.43 Å². The van der Waals surface area contributed by atoms with Crippen LogP contribution in [0.1, 0.15) is 22.7 Å². The van der Waals surface area contributed by atoms with E-state index in [1.807, 2.05) is 6.07 Å². The first-order valence-corrected chi connectivity index (χ1v) is 6.54. The van der Waals surface area contributed by atoms with Gasteiger partial charge in [-0.1, -0.05) is 23.7 Å². The van der Waals surface area contributed by atoms with Crippen LogP contribution in [-0.4, -0.2) is 0 Å². The molecule has 0 aliphatic carbocycles. The highest BCUT2D eigenvalue weighted by molar-refractivity contribution is 6.30. The Morgan fingerprint density at radius 1 is 1.20 bits per heavy atom. The lowest BCUT2D eigenvalue weighted by Gasteiger charge is -2.17. The SMILES string of the molecule is Cc1cc(F)cc(C(Cc2ccc(Cl)cc2F)NN)c1. The molecule has 2 aromatic rings. The number of halogens is 3. The van der Waals surface area contributed by atoms with Crippen LogP contribution in [0.25, 0.3) is 0 Å². The average Bonchev–Trinajstić information content (AvgIpc) is 2.36. The van der Waals surface area contributed by atoms with Crippen molar-refractivity contribution in [3.63, 3.8) is 0 Å². The molecule has 0 saturated heterocycles. The number of rotatable bonds is 4. The Labute approximate surface area is 121 Å². The van der Waals surface area contributed by atoms with Crippen molar-refractivity contribution in [2.45, 2.75) is 19.4 Å².